The summed E-state index contributed by atoms with van der Waals surface area (Å²) in [5.41, 5.74) is 7.70. The van der Waals surface area contributed by atoms with Crippen LogP contribution in [0.3, 0.4) is 0 Å². The van der Waals surface area contributed by atoms with Crippen LogP contribution in [0.4, 0.5) is 5.13 Å². The molecule has 1 aromatic carbocycles. The van der Waals surface area contributed by atoms with Crippen molar-refractivity contribution in [3.63, 3.8) is 0 Å². The minimum absolute atomic E-state index is 0.126. The number of aromatic nitrogens is 1. The lowest BCUT2D eigenvalue weighted by Crippen LogP contribution is -2.25. The first kappa shape index (κ1) is 14.7. The largest absolute Gasteiger partial charge is 0.330 e. The molecule has 0 radical (unpaired) electrons. The van der Waals surface area contributed by atoms with E-state index in [0.717, 1.165) is 25.7 Å². The van der Waals surface area contributed by atoms with Gasteiger partial charge in [-0.15, -0.1) is 11.3 Å². The number of amides is 1. The molecule has 1 unspecified atom stereocenters. The maximum absolute atomic E-state index is 12.1. The number of thiazole rings is 1. The number of nitrogens with two attached hydrogens (primary N) is 1. The number of benzene rings is 1. The molecule has 1 aliphatic rings. The number of hydrogen-bond acceptors (Lipinski definition) is 4. The summed E-state index contributed by atoms with van der Waals surface area (Å²) in [4.78, 5) is 19.7. The van der Waals surface area contributed by atoms with E-state index in [2.05, 4.69) is 20.9 Å². The van der Waals surface area contributed by atoms with E-state index in [1.807, 2.05) is 31.2 Å². The molecule has 1 saturated heterocycles. The van der Waals surface area contributed by atoms with Crippen molar-refractivity contribution in [2.75, 3.05) is 18.0 Å². The van der Waals surface area contributed by atoms with E-state index >= 15 is 0 Å². The molecule has 1 aromatic heterocycles. The van der Waals surface area contributed by atoms with Gasteiger partial charge in [0.05, 0.1) is 5.69 Å². The standard InChI is InChI=1S/C15H16BrN3OS/c1-9-14(11-2-4-12(16)5-3-11)18-15(21-9)19-8-10(7-17)6-13(19)20/h2-5,10H,6-8,17H2,1H3. The fourth-order valence-corrected chi connectivity index (χ4v) is 3.72. The Bertz CT molecular complexity index is 668. The zero-order chi connectivity index (χ0) is 15.0. The van der Waals surface area contributed by atoms with Gasteiger partial charge in [0.2, 0.25) is 5.91 Å². The summed E-state index contributed by atoms with van der Waals surface area (Å²) in [5, 5.41) is 0.784. The topological polar surface area (TPSA) is 59.2 Å². The molecule has 0 spiro atoms. The molecule has 0 aliphatic carbocycles. The molecule has 6 heteroatoms. The number of nitrogens with zero attached hydrogens (tertiary/aromatic N) is 2. The molecule has 2 aromatic rings. The number of carbonyl (C=O) groups is 1. The predicted octanol–water partition coefficient (Wildman–Crippen LogP) is 3.19. The highest BCUT2D eigenvalue weighted by Crippen LogP contribution is 2.35. The number of rotatable bonds is 3. The summed E-state index contributed by atoms with van der Waals surface area (Å²) in [7, 11) is 0. The maximum Gasteiger partial charge on any atom is 0.229 e. The summed E-state index contributed by atoms with van der Waals surface area (Å²) < 4.78 is 1.04. The van der Waals surface area contributed by atoms with E-state index < -0.39 is 0 Å². The number of hydrogen-bond donors (Lipinski definition) is 1. The van der Waals surface area contributed by atoms with Gasteiger partial charge < -0.3 is 5.73 Å². The summed E-state index contributed by atoms with van der Waals surface area (Å²) in [6, 6.07) is 8.06. The van der Waals surface area contributed by atoms with Crippen molar-refractivity contribution in [3.8, 4) is 11.3 Å². The van der Waals surface area contributed by atoms with Gasteiger partial charge in [-0.1, -0.05) is 28.1 Å². The fourth-order valence-electron chi connectivity index (χ4n) is 2.50. The SMILES string of the molecule is Cc1sc(N2CC(CN)CC2=O)nc1-c1ccc(Br)cc1. The molecular formula is C15H16BrN3OS. The van der Waals surface area contributed by atoms with Gasteiger partial charge >= 0.3 is 0 Å². The van der Waals surface area contributed by atoms with Gasteiger partial charge in [0.25, 0.3) is 0 Å². The molecule has 21 heavy (non-hydrogen) atoms. The van der Waals surface area contributed by atoms with Gasteiger partial charge in [-0.25, -0.2) is 4.98 Å². The molecule has 110 valence electrons. The first-order valence-corrected chi connectivity index (χ1v) is 8.43. The van der Waals surface area contributed by atoms with Crippen molar-refractivity contribution in [3.05, 3.63) is 33.6 Å². The normalized spacial score (nSPS) is 18.5. The fraction of sp³-hybridized carbons (Fsp3) is 0.333. The van der Waals surface area contributed by atoms with Gasteiger partial charge in [-0.3, -0.25) is 9.69 Å². The third-order valence-corrected chi connectivity index (χ3v) is 5.19. The maximum atomic E-state index is 12.1. The van der Waals surface area contributed by atoms with Crippen LogP contribution >= 0.6 is 27.3 Å². The highest BCUT2D eigenvalue weighted by atomic mass is 79.9. The highest BCUT2D eigenvalue weighted by molar-refractivity contribution is 9.10. The second-order valence-corrected chi connectivity index (χ2v) is 7.32. The lowest BCUT2D eigenvalue weighted by atomic mass is 10.1. The van der Waals surface area contributed by atoms with Crippen LogP contribution in [-0.2, 0) is 4.79 Å². The molecule has 2 N–H and O–H groups in total. The van der Waals surface area contributed by atoms with Crippen molar-refractivity contribution < 1.29 is 4.79 Å². The van der Waals surface area contributed by atoms with Crippen LogP contribution < -0.4 is 10.6 Å². The Labute approximate surface area is 136 Å². The third kappa shape index (κ3) is 2.88. The quantitative estimate of drug-likeness (QED) is 0.908. The van der Waals surface area contributed by atoms with Gasteiger partial charge in [0.1, 0.15) is 0 Å². The molecule has 1 aliphatic heterocycles. The minimum atomic E-state index is 0.126. The second kappa shape index (κ2) is 5.87. The number of halogens is 1. The van der Waals surface area contributed by atoms with E-state index in [9.17, 15) is 4.79 Å². The number of anilines is 1. The molecule has 2 heterocycles. The molecule has 1 atom stereocenters. The Kier molecular flexibility index (Phi) is 4.10. The Morgan fingerprint density at radius 2 is 2.14 bits per heavy atom. The molecule has 0 bridgehead atoms. The van der Waals surface area contributed by atoms with E-state index in [1.165, 1.54) is 0 Å². The lowest BCUT2D eigenvalue weighted by molar-refractivity contribution is -0.117. The summed E-state index contributed by atoms with van der Waals surface area (Å²) in [5.74, 6) is 0.374. The zero-order valence-corrected chi connectivity index (χ0v) is 14.1. The van der Waals surface area contributed by atoms with E-state index in [-0.39, 0.29) is 11.8 Å². The first-order valence-electron chi connectivity index (χ1n) is 6.82. The Hall–Kier alpha value is -1.24. The summed E-state index contributed by atoms with van der Waals surface area (Å²) in [6.45, 7) is 3.27. The van der Waals surface area contributed by atoms with Gasteiger partial charge in [-0.2, -0.15) is 0 Å². The van der Waals surface area contributed by atoms with Gasteiger partial charge in [-0.05, 0) is 31.5 Å². The van der Waals surface area contributed by atoms with Gasteiger partial charge in [0, 0.05) is 27.9 Å². The van der Waals surface area contributed by atoms with Crippen molar-refractivity contribution in [1.29, 1.82) is 0 Å². The number of carbonyl (C=O) groups excluding carboxylic acids is 1. The van der Waals surface area contributed by atoms with Crippen LogP contribution in [0.15, 0.2) is 28.7 Å². The van der Waals surface area contributed by atoms with Crippen LogP contribution in [-0.4, -0.2) is 24.0 Å². The monoisotopic (exact) mass is 365 g/mol. The van der Waals surface area contributed by atoms with Crippen LogP contribution in [0.2, 0.25) is 0 Å². The molecule has 4 nitrogen and oxygen atoms in total. The average Bonchev–Trinajstić information content (AvgIpc) is 3.03. The smallest absolute Gasteiger partial charge is 0.229 e. The minimum Gasteiger partial charge on any atom is -0.330 e. The van der Waals surface area contributed by atoms with Crippen LogP contribution in [0, 0.1) is 12.8 Å². The van der Waals surface area contributed by atoms with E-state index in [4.69, 9.17) is 5.73 Å². The average molecular weight is 366 g/mol. The molecular weight excluding hydrogens is 350 g/mol. The van der Waals surface area contributed by atoms with Crippen LogP contribution in [0.25, 0.3) is 11.3 Å². The number of aryl methyl sites for hydroxylation is 1. The van der Waals surface area contributed by atoms with Crippen molar-refractivity contribution in [1.82, 2.24) is 4.98 Å². The van der Waals surface area contributed by atoms with Crippen LogP contribution in [0.5, 0.6) is 0 Å². The van der Waals surface area contributed by atoms with Gasteiger partial charge in [0.15, 0.2) is 5.13 Å². The highest BCUT2D eigenvalue weighted by Gasteiger charge is 2.31. The van der Waals surface area contributed by atoms with Crippen molar-refractivity contribution >= 4 is 38.3 Å². The second-order valence-electron chi connectivity index (χ2n) is 5.22. The molecule has 0 saturated carbocycles. The van der Waals surface area contributed by atoms with E-state index in [0.29, 0.717) is 19.5 Å². The Morgan fingerprint density at radius 1 is 1.43 bits per heavy atom. The molecule has 3 rings (SSSR count). The van der Waals surface area contributed by atoms with Crippen molar-refractivity contribution in [2.24, 2.45) is 11.7 Å². The first-order chi connectivity index (χ1) is 10.1. The van der Waals surface area contributed by atoms with E-state index in [1.54, 1.807) is 16.2 Å². The third-order valence-electron chi connectivity index (χ3n) is 3.67. The lowest BCUT2D eigenvalue weighted by Gasteiger charge is -2.12. The Balaban J connectivity index is 1.91. The summed E-state index contributed by atoms with van der Waals surface area (Å²) in [6.07, 6.45) is 0.531. The van der Waals surface area contributed by atoms with Crippen LogP contribution in [0.1, 0.15) is 11.3 Å². The summed E-state index contributed by atoms with van der Waals surface area (Å²) >= 11 is 5.00. The molecule has 1 fully saturated rings. The predicted molar refractivity (Wildman–Crippen MR) is 89.5 cm³/mol. The van der Waals surface area contributed by atoms with Crippen molar-refractivity contribution in [2.45, 2.75) is 13.3 Å². The molecule has 1 amide bonds. The zero-order valence-electron chi connectivity index (χ0n) is 11.7. The Morgan fingerprint density at radius 3 is 2.76 bits per heavy atom.